The van der Waals surface area contributed by atoms with Crippen molar-refractivity contribution in [2.75, 3.05) is 30.8 Å². The van der Waals surface area contributed by atoms with Gasteiger partial charge in [-0.15, -0.1) is 6.58 Å². The Morgan fingerprint density at radius 1 is 1.09 bits per heavy atom. The van der Waals surface area contributed by atoms with Crippen molar-refractivity contribution in [1.82, 2.24) is 0 Å². The second kappa shape index (κ2) is 8.98. The maximum atomic E-state index is 9.78. The van der Waals surface area contributed by atoms with Crippen LogP contribution in [0.4, 0.5) is 11.4 Å². The summed E-state index contributed by atoms with van der Waals surface area (Å²) in [5, 5.41) is 13.0. The molecule has 0 saturated heterocycles. The molecular weight excluding hydrogens is 288 g/mol. The molecule has 0 aromatic heterocycles. The summed E-state index contributed by atoms with van der Waals surface area (Å²) in [5.41, 5.74) is 9.92. The normalized spacial score (nSPS) is 11.9. The van der Waals surface area contributed by atoms with E-state index in [0.717, 1.165) is 17.8 Å². The molecule has 0 amide bonds. The number of nitrogens with two attached hydrogens (primary N) is 1. The van der Waals surface area contributed by atoms with E-state index < -0.39 is 6.10 Å². The van der Waals surface area contributed by atoms with Crippen molar-refractivity contribution in [3.8, 4) is 0 Å². The fourth-order valence-corrected chi connectivity index (χ4v) is 2.19. The summed E-state index contributed by atoms with van der Waals surface area (Å²) in [4.78, 5) is 0. The van der Waals surface area contributed by atoms with Crippen molar-refractivity contribution < 1.29 is 9.84 Å². The average molecular weight is 312 g/mol. The standard InChI is InChI=1S/C19H24N2O2/c1-2-11-23-14-19(22)13-21-18-9-5-16(6-10-18)12-15-3-7-17(20)8-4-15/h2-10,19,21-22H,1,11-14,20H2. The lowest BCUT2D eigenvalue weighted by atomic mass is 10.0. The van der Waals surface area contributed by atoms with E-state index in [1.807, 2.05) is 36.4 Å². The van der Waals surface area contributed by atoms with Gasteiger partial charge in [-0.25, -0.2) is 0 Å². The van der Waals surface area contributed by atoms with Crippen LogP contribution in [0, 0.1) is 0 Å². The van der Waals surface area contributed by atoms with Gasteiger partial charge in [0.1, 0.15) is 0 Å². The Hall–Kier alpha value is -2.30. The zero-order valence-corrected chi connectivity index (χ0v) is 13.2. The first kappa shape index (κ1) is 17.1. The van der Waals surface area contributed by atoms with E-state index >= 15 is 0 Å². The molecule has 0 spiro atoms. The van der Waals surface area contributed by atoms with E-state index in [1.54, 1.807) is 6.08 Å². The van der Waals surface area contributed by atoms with E-state index in [4.69, 9.17) is 10.5 Å². The molecule has 4 nitrogen and oxygen atoms in total. The van der Waals surface area contributed by atoms with E-state index in [-0.39, 0.29) is 0 Å². The highest BCUT2D eigenvalue weighted by Crippen LogP contribution is 2.14. The van der Waals surface area contributed by atoms with E-state index in [0.29, 0.717) is 19.8 Å². The van der Waals surface area contributed by atoms with Gasteiger partial charge in [0.25, 0.3) is 0 Å². The van der Waals surface area contributed by atoms with E-state index in [1.165, 1.54) is 11.1 Å². The fraction of sp³-hybridized carbons (Fsp3) is 0.263. The van der Waals surface area contributed by atoms with Crippen LogP contribution in [0.25, 0.3) is 0 Å². The molecule has 4 N–H and O–H groups in total. The van der Waals surface area contributed by atoms with Crippen LogP contribution in [0.1, 0.15) is 11.1 Å². The summed E-state index contributed by atoms with van der Waals surface area (Å²) in [7, 11) is 0. The van der Waals surface area contributed by atoms with Crippen LogP contribution < -0.4 is 11.1 Å². The summed E-state index contributed by atoms with van der Waals surface area (Å²) >= 11 is 0. The molecule has 122 valence electrons. The van der Waals surface area contributed by atoms with Crippen molar-refractivity contribution >= 4 is 11.4 Å². The Labute approximate surface area is 137 Å². The number of aliphatic hydroxyl groups excluding tert-OH is 1. The highest BCUT2D eigenvalue weighted by atomic mass is 16.5. The van der Waals surface area contributed by atoms with Crippen molar-refractivity contribution in [2.24, 2.45) is 0 Å². The molecule has 0 aliphatic heterocycles. The van der Waals surface area contributed by atoms with Crippen LogP contribution in [0.5, 0.6) is 0 Å². The number of hydrogen-bond acceptors (Lipinski definition) is 4. The number of hydrogen-bond donors (Lipinski definition) is 3. The van der Waals surface area contributed by atoms with Crippen molar-refractivity contribution in [1.29, 1.82) is 0 Å². The molecule has 0 saturated carbocycles. The van der Waals surface area contributed by atoms with E-state index in [2.05, 4.69) is 24.0 Å². The number of nitrogens with one attached hydrogen (secondary N) is 1. The van der Waals surface area contributed by atoms with Gasteiger partial charge in [0, 0.05) is 17.9 Å². The van der Waals surface area contributed by atoms with Gasteiger partial charge in [-0.3, -0.25) is 0 Å². The average Bonchev–Trinajstić information content (AvgIpc) is 2.57. The lowest BCUT2D eigenvalue weighted by Crippen LogP contribution is -2.24. The van der Waals surface area contributed by atoms with Gasteiger partial charge in [-0.05, 0) is 41.8 Å². The lowest BCUT2D eigenvalue weighted by Gasteiger charge is -2.13. The minimum atomic E-state index is -0.538. The van der Waals surface area contributed by atoms with Crippen LogP contribution in [0.15, 0.2) is 61.2 Å². The summed E-state index contributed by atoms with van der Waals surface area (Å²) in [6, 6.07) is 16.1. The predicted octanol–water partition coefficient (Wildman–Crippen LogP) is 2.84. The number of nitrogen functional groups attached to an aromatic ring is 1. The zero-order chi connectivity index (χ0) is 16.5. The summed E-state index contributed by atoms with van der Waals surface area (Å²) in [6.45, 7) is 4.77. The zero-order valence-electron chi connectivity index (χ0n) is 13.2. The third-order valence-corrected chi connectivity index (χ3v) is 3.43. The van der Waals surface area contributed by atoms with Gasteiger partial charge < -0.3 is 20.9 Å². The van der Waals surface area contributed by atoms with Crippen LogP contribution in [0.3, 0.4) is 0 Å². The highest BCUT2D eigenvalue weighted by Gasteiger charge is 2.04. The molecule has 0 bridgehead atoms. The summed E-state index contributed by atoms with van der Waals surface area (Å²) in [6.07, 6.45) is 2.00. The molecule has 1 atom stereocenters. The molecule has 2 aromatic rings. The largest absolute Gasteiger partial charge is 0.399 e. The van der Waals surface area contributed by atoms with E-state index in [9.17, 15) is 5.11 Å². The second-order valence-corrected chi connectivity index (χ2v) is 5.48. The van der Waals surface area contributed by atoms with Gasteiger partial charge in [0.05, 0.1) is 19.3 Å². The molecular formula is C19H24N2O2. The third-order valence-electron chi connectivity index (χ3n) is 3.43. The predicted molar refractivity (Wildman–Crippen MR) is 95.6 cm³/mol. The Morgan fingerprint density at radius 2 is 1.70 bits per heavy atom. The molecule has 0 aliphatic carbocycles. The molecule has 23 heavy (non-hydrogen) atoms. The molecule has 2 aromatic carbocycles. The van der Waals surface area contributed by atoms with Crippen molar-refractivity contribution in [3.63, 3.8) is 0 Å². The Bertz CT molecular complexity index is 594. The number of aliphatic hydroxyl groups is 1. The second-order valence-electron chi connectivity index (χ2n) is 5.48. The molecule has 0 aliphatic rings. The molecule has 1 unspecified atom stereocenters. The number of rotatable bonds is 9. The van der Waals surface area contributed by atoms with Gasteiger partial charge in [0.15, 0.2) is 0 Å². The number of ether oxygens (including phenoxy) is 1. The van der Waals surface area contributed by atoms with Crippen molar-refractivity contribution in [2.45, 2.75) is 12.5 Å². The minimum absolute atomic E-state index is 0.300. The van der Waals surface area contributed by atoms with Gasteiger partial charge in [-0.1, -0.05) is 30.3 Å². The Morgan fingerprint density at radius 3 is 2.30 bits per heavy atom. The smallest absolute Gasteiger partial charge is 0.0945 e. The fourth-order valence-electron chi connectivity index (χ4n) is 2.19. The van der Waals surface area contributed by atoms with Gasteiger partial charge >= 0.3 is 0 Å². The van der Waals surface area contributed by atoms with Crippen molar-refractivity contribution in [3.05, 3.63) is 72.3 Å². The number of benzene rings is 2. The summed E-state index contributed by atoms with van der Waals surface area (Å²) in [5.74, 6) is 0. The lowest BCUT2D eigenvalue weighted by molar-refractivity contribution is 0.0566. The quantitative estimate of drug-likeness (QED) is 0.378. The molecule has 2 rings (SSSR count). The highest BCUT2D eigenvalue weighted by molar-refractivity contribution is 5.46. The first-order chi connectivity index (χ1) is 11.2. The molecule has 0 radical (unpaired) electrons. The Balaban J connectivity index is 1.80. The number of anilines is 2. The van der Waals surface area contributed by atoms with Crippen LogP contribution in [-0.4, -0.2) is 31.0 Å². The third kappa shape index (κ3) is 6.14. The SMILES string of the molecule is C=CCOCC(O)CNc1ccc(Cc2ccc(N)cc2)cc1. The van der Waals surface area contributed by atoms with Crippen LogP contribution >= 0.6 is 0 Å². The van der Waals surface area contributed by atoms with Crippen LogP contribution in [0.2, 0.25) is 0 Å². The molecule has 4 heteroatoms. The monoisotopic (exact) mass is 312 g/mol. The molecule has 0 fully saturated rings. The van der Waals surface area contributed by atoms with Gasteiger partial charge in [-0.2, -0.15) is 0 Å². The topological polar surface area (TPSA) is 67.5 Å². The maximum Gasteiger partial charge on any atom is 0.0945 e. The Kier molecular flexibility index (Phi) is 6.66. The first-order valence-electron chi connectivity index (χ1n) is 7.71. The summed E-state index contributed by atoms with van der Waals surface area (Å²) < 4.78 is 5.21. The maximum absolute atomic E-state index is 9.78. The molecule has 0 heterocycles. The minimum Gasteiger partial charge on any atom is -0.399 e. The van der Waals surface area contributed by atoms with Crippen LogP contribution in [-0.2, 0) is 11.2 Å². The first-order valence-corrected chi connectivity index (χ1v) is 7.71. The van der Waals surface area contributed by atoms with Gasteiger partial charge in [0.2, 0.25) is 0 Å².